The molecule has 0 heterocycles. The van der Waals surface area contributed by atoms with Gasteiger partial charge >= 0.3 is 0 Å². The Hall–Kier alpha value is -1.82. The van der Waals surface area contributed by atoms with Crippen molar-refractivity contribution in [3.05, 3.63) is 28.3 Å². The van der Waals surface area contributed by atoms with Gasteiger partial charge in [0.05, 0.1) is 23.2 Å². The number of nitrogens with one attached hydrogen (secondary N) is 1. The van der Waals surface area contributed by atoms with E-state index >= 15 is 0 Å². The van der Waals surface area contributed by atoms with Gasteiger partial charge in [-0.05, 0) is 20.3 Å². The van der Waals surface area contributed by atoms with Crippen molar-refractivity contribution >= 4 is 11.4 Å². The molecule has 0 aliphatic carbocycles. The molecule has 0 bridgehead atoms. The summed E-state index contributed by atoms with van der Waals surface area (Å²) in [4.78, 5) is 10.4. The second-order valence-electron chi connectivity index (χ2n) is 4.96. The zero-order valence-corrected chi connectivity index (χ0v) is 12.1. The first kappa shape index (κ1) is 16.2. The summed E-state index contributed by atoms with van der Waals surface area (Å²) in [5, 5.41) is 23.6. The van der Waals surface area contributed by atoms with Crippen LogP contribution in [0.5, 0.6) is 5.75 Å². The van der Waals surface area contributed by atoms with Gasteiger partial charge in [0.15, 0.2) is 0 Å². The number of aliphatic hydroxyl groups is 1. The molecule has 1 unspecified atom stereocenters. The van der Waals surface area contributed by atoms with E-state index in [2.05, 4.69) is 5.32 Å². The van der Waals surface area contributed by atoms with Crippen LogP contribution in [0.1, 0.15) is 33.6 Å². The van der Waals surface area contributed by atoms with E-state index in [9.17, 15) is 15.2 Å². The molecule has 0 amide bonds. The van der Waals surface area contributed by atoms with Gasteiger partial charge in [-0.1, -0.05) is 13.3 Å². The van der Waals surface area contributed by atoms with Gasteiger partial charge in [-0.2, -0.15) is 0 Å². The van der Waals surface area contributed by atoms with Crippen LogP contribution < -0.4 is 10.1 Å². The fourth-order valence-electron chi connectivity index (χ4n) is 1.80. The Morgan fingerprint density at radius 3 is 2.65 bits per heavy atom. The number of rotatable bonds is 8. The summed E-state index contributed by atoms with van der Waals surface area (Å²) in [5.74, 6) is 0.446. The molecule has 1 rings (SSSR count). The summed E-state index contributed by atoms with van der Waals surface area (Å²) >= 11 is 0. The summed E-state index contributed by atoms with van der Waals surface area (Å²) < 4.78 is 5.49. The molecule has 6 heteroatoms. The highest BCUT2D eigenvalue weighted by Gasteiger charge is 2.12. The van der Waals surface area contributed by atoms with E-state index in [0.29, 0.717) is 24.4 Å². The topological polar surface area (TPSA) is 84.6 Å². The molecule has 1 aromatic rings. The highest BCUT2D eigenvalue weighted by molar-refractivity contribution is 5.56. The van der Waals surface area contributed by atoms with Crippen molar-refractivity contribution in [1.82, 2.24) is 0 Å². The van der Waals surface area contributed by atoms with E-state index in [1.807, 2.05) is 20.8 Å². The van der Waals surface area contributed by atoms with Crippen LogP contribution in [-0.2, 0) is 0 Å². The van der Waals surface area contributed by atoms with Crippen LogP contribution in [-0.4, -0.2) is 28.8 Å². The van der Waals surface area contributed by atoms with Crippen LogP contribution in [0.4, 0.5) is 11.4 Å². The minimum Gasteiger partial charge on any atom is -0.491 e. The molecule has 6 nitrogen and oxygen atoms in total. The first-order valence-electron chi connectivity index (χ1n) is 6.80. The summed E-state index contributed by atoms with van der Waals surface area (Å²) in [6, 6.07) is 4.53. The van der Waals surface area contributed by atoms with E-state index in [1.165, 1.54) is 12.1 Å². The van der Waals surface area contributed by atoms with Gasteiger partial charge in [-0.25, -0.2) is 0 Å². The number of anilines is 1. The molecule has 0 spiro atoms. The maximum Gasteiger partial charge on any atom is 0.275 e. The predicted octanol–water partition coefficient (Wildman–Crippen LogP) is 2.95. The van der Waals surface area contributed by atoms with Gasteiger partial charge in [0.2, 0.25) is 0 Å². The number of nitrogens with zero attached hydrogens (tertiary/aromatic N) is 1. The molecule has 0 saturated carbocycles. The normalized spacial score (nSPS) is 12.2. The van der Waals surface area contributed by atoms with Gasteiger partial charge in [-0.15, -0.1) is 0 Å². The standard InChI is InChI=1S/C14H22N2O4/c1-4-5-13(17)9-15-11-6-12(16(18)19)8-14(7-11)20-10(2)3/h6-8,10,13,15,17H,4-5,9H2,1-3H3. The van der Waals surface area contributed by atoms with E-state index in [0.717, 1.165) is 6.42 Å². The Morgan fingerprint density at radius 2 is 2.10 bits per heavy atom. The van der Waals surface area contributed by atoms with Gasteiger partial charge in [0.25, 0.3) is 5.69 Å². The molecule has 20 heavy (non-hydrogen) atoms. The summed E-state index contributed by atoms with van der Waals surface area (Å²) in [5.41, 5.74) is 0.542. The van der Waals surface area contributed by atoms with Crippen molar-refractivity contribution in [3.63, 3.8) is 0 Å². The van der Waals surface area contributed by atoms with Gasteiger partial charge in [-0.3, -0.25) is 10.1 Å². The highest BCUT2D eigenvalue weighted by Crippen LogP contribution is 2.26. The fraction of sp³-hybridized carbons (Fsp3) is 0.571. The first-order valence-corrected chi connectivity index (χ1v) is 6.80. The zero-order chi connectivity index (χ0) is 15.1. The van der Waals surface area contributed by atoms with E-state index in [1.54, 1.807) is 6.07 Å². The number of nitro benzene ring substituents is 1. The molecular formula is C14H22N2O4. The smallest absolute Gasteiger partial charge is 0.275 e. The Labute approximate surface area is 118 Å². The lowest BCUT2D eigenvalue weighted by molar-refractivity contribution is -0.384. The van der Waals surface area contributed by atoms with Gasteiger partial charge in [0.1, 0.15) is 5.75 Å². The molecule has 0 radical (unpaired) electrons. The largest absolute Gasteiger partial charge is 0.491 e. The van der Waals surface area contributed by atoms with Crippen LogP contribution in [0.15, 0.2) is 18.2 Å². The minimum absolute atomic E-state index is 0.0318. The molecule has 2 N–H and O–H groups in total. The number of ether oxygens (including phenoxy) is 1. The third-order valence-corrected chi connectivity index (χ3v) is 2.64. The number of benzene rings is 1. The molecule has 0 aliphatic rings. The molecular weight excluding hydrogens is 260 g/mol. The average Bonchev–Trinajstić information content (AvgIpc) is 2.35. The van der Waals surface area contributed by atoms with Crippen LogP contribution in [0.25, 0.3) is 0 Å². The summed E-state index contributed by atoms with van der Waals surface area (Å²) in [7, 11) is 0. The zero-order valence-electron chi connectivity index (χ0n) is 12.1. The first-order chi connectivity index (χ1) is 9.42. The van der Waals surface area contributed by atoms with Crippen molar-refractivity contribution in [3.8, 4) is 5.75 Å². The highest BCUT2D eigenvalue weighted by atomic mass is 16.6. The number of hydrogen-bond donors (Lipinski definition) is 2. The minimum atomic E-state index is -0.464. The molecule has 1 aromatic carbocycles. The Kier molecular flexibility index (Phi) is 6.24. The van der Waals surface area contributed by atoms with Crippen LogP contribution >= 0.6 is 0 Å². The number of aliphatic hydroxyl groups excluding tert-OH is 1. The third kappa shape index (κ3) is 5.44. The Balaban J connectivity index is 2.83. The maximum atomic E-state index is 10.9. The van der Waals surface area contributed by atoms with Gasteiger partial charge < -0.3 is 15.2 Å². The van der Waals surface area contributed by atoms with Crippen molar-refractivity contribution in [1.29, 1.82) is 0 Å². The van der Waals surface area contributed by atoms with E-state index < -0.39 is 11.0 Å². The SMILES string of the molecule is CCCC(O)CNc1cc(OC(C)C)cc([N+](=O)[O-])c1. The third-order valence-electron chi connectivity index (χ3n) is 2.64. The van der Waals surface area contributed by atoms with Crippen molar-refractivity contribution < 1.29 is 14.8 Å². The van der Waals surface area contributed by atoms with Crippen molar-refractivity contribution in [2.75, 3.05) is 11.9 Å². The average molecular weight is 282 g/mol. The Bertz CT molecular complexity index is 449. The Morgan fingerprint density at radius 1 is 1.40 bits per heavy atom. The fourth-order valence-corrected chi connectivity index (χ4v) is 1.80. The quantitative estimate of drug-likeness (QED) is 0.565. The van der Waals surface area contributed by atoms with Crippen molar-refractivity contribution in [2.24, 2.45) is 0 Å². The monoisotopic (exact) mass is 282 g/mol. The summed E-state index contributed by atoms with van der Waals surface area (Å²) in [6.45, 7) is 6.06. The van der Waals surface area contributed by atoms with E-state index in [-0.39, 0.29) is 11.8 Å². The van der Waals surface area contributed by atoms with Crippen LogP contribution in [0, 0.1) is 10.1 Å². The lowest BCUT2D eigenvalue weighted by atomic mass is 10.2. The molecule has 0 aliphatic heterocycles. The van der Waals surface area contributed by atoms with Crippen LogP contribution in [0.2, 0.25) is 0 Å². The predicted molar refractivity (Wildman–Crippen MR) is 78.3 cm³/mol. The molecule has 0 fully saturated rings. The van der Waals surface area contributed by atoms with Gasteiger partial charge in [0, 0.05) is 24.4 Å². The molecule has 0 aromatic heterocycles. The number of non-ortho nitro benzene ring substituents is 1. The lowest BCUT2D eigenvalue weighted by Gasteiger charge is -2.14. The lowest BCUT2D eigenvalue weighted by Crippen LogP contribution is -2.19. The second-order valence-corrected chi connectivity index (χ2v) is 4.96. The maximum absolute atomic E-state index is 10.9. The van der Waals surface area contributed by atoms with Crippen molar-refractivity contribution in [2.45, 2.75) is 45.8 Å². The second kappa shape index (κ2) is 7.69. The summed E-state index contributed by atoms with van der Waals surface area (Å²) in [6.07, 6.45) is 1.06. The number of hydrogen-bond acceptors (Lipinski definition) is 5. The number of nitro groups is 1. The van der Waals surface area contributed by atoms with Crippen LogP contribution in [0.3, 0.4) is 0 Å². The van der Waals surface area contributed by atoms with E-state index in [4.69, 9.17) is 4.74 Å². The molecule has 112 valence electrons. The molecule has 0 saturated heterocycles. The molecule has 1 atom stereocenters.